The molecule has 1 aromatic rings. The van der Waals surface area contributed by atoms with E-state index in [4.69, 9.17) is 5.73 Å². The third-order valence-corrected chi connectivity index (χ3v) is 3.78. The molecule has 0 amide bonds. The van der Waals surface area contributed by atoms with E-state index in [2.05, 4.69) is 64.6 Å². The number of aryl methyl sites for hydroxylation is 1. The fourth-order valence-corrected chi connectivity index (χ4v) is 2.59. The summed E-state index contributed by atoms with van der Waals surface area (Å²) in [6.45, 7) is 14.6. The fourth-order valence-electron chi connectivity index (χ4n) is 2.59. The fraction of sp³-hybridized carbons (Fsp3) is 0.667. The average molecular weight is 276 g/mol. The van der Waals surface area contributed by atoms with Crippen molar-refractivity contribution in [2.45, 2.75) is 66.5 Å². The normalized spacial score (nSPS) is 13.1. The number of rotatable bonds is 7. The summed E-state index contributed by atoms with van der Waals surface area (Å²) in [5.74, 6) is 0.671. The van der Waals surface area contributed by atoms with Gasteiger partial charge in [-0.3, -0.25) is 0 Å². The number of nitrogens with two attached hydrogens (primary N) is 1. The van der Waals surface area contributed by atoms with Crippen molar-refractivity contribution >= 4 is 5.69 Å². The van der Waals surface area contributed by atoms with Crippen LogP contribution in [0.3, 0.4) is 0 Å². The van der Waals surface area contributed by atoms with E-state index < -0.39 is 0 Å². The second-order valence-corrected chi connectivity index (χ2v) is 6.63. The van der Waals surface area contributed by atoms with Crippen molar-refractivity contribution in [3.8, 4) is 0 Å². The number of hydrogen-bond acceptors (Lipinski definition) is 2. The highest BCUT2D eigenvalue weighted by molar-refractivity contribution is 5.55. The zero-order chi connectivity index (χ0) is 15.3. The minimum absolute atomic E-state index is 0.275. The molecule has 1 aromatic carbocycles. The first-order valence-electron chi connectivity index (χ1n) is 7.96. The van der Waals surface area contributed by atoms with Crippen molar-refractivity contribution in [1.82, 2.24) is 0 Å². The maximum absolute atomic E-state index is 6.06. The molecule has 0 aromatic heterocycles. The Morgan fingerprint density at radius 2 is 1.80 bits per heavy atom. The lowest BCUT2D eigenvalue weighted by Gasteiger charge is -2.32. The maximum Gasteiger partial charge on any atom is 0.0398 e. The Morgan fingerprint density at radius 3 is 2.25 bits per heavy atom. The third kappa shape index (κ3) is 4.82. The average Bonchev–Trinajstić information content (AvgIpc) is 2.36. The molecule has 0 aliphatic carbocycles. The number of benzene rings is 1. The van der Waals surface area contributed by atoms with Crippen LogP contribution in [0.1, 0.15) is 52.2 Å². The lowest BCUT2D eigenvalue weighted by Crippen LogP contribution is -2.34. The summed E-state index contributed by atoms with van der Waals surface area (Å²) in [5.41, 5.74) is 10.1. The van der Waals surface area contributed by atoms with Crippen LogP contribution in [0.15, 0.2) is 18.2 Å². The first-order chi connectivity index (χ1) is 9.35. The zero-order valence-electron chi connectivity index (χ0n) is 14.1. The van der Waals surface area contributed by atoms with Crippen LogP contribution >= 0.6 is 0 Å². The third-order valence-electron chi connectivity index (χ3n) is 3.78. The van der Waals surface area contributed by atoms with Gasteiger partial charge in [-0.05, 0) is 56.7 Å². The van der Waals surface area contributed by atoms with Crippen LogP contribution < -0.4 is 10.6 Å². The van der Waals surface area contributed by atoms with Crippen LogP contribution in [-0.4, -0.2) is 18.6 Å². The zero-order valence-corrected chi connectivity index (χ0v) is 14.1. The molecule has 2 nitrogen and oxygen atoms in total. The summed E-state index contributed by atoms with van der Waals surface area (Å²) in [4.78, 5) is 2.50. The van der Waals surface area contributed by atoms with Gasteiger partial charge in [0.15, 0.2) is 0 Å². The SMILES string of the molecule is CCC(N)Cc1ccc(N(CC(C)C)C(C)C)c(C)c1. The summed E-state index contributed by atoms with van der Waals surface area (Å²) in [5, 5.41) is 0. The molecule has 0 heterocycles. The van der Waals surface area contributed by atoms with Gasteiger partial charge in [0, 0.05) is 24.3 Å². The van der Waals surface area contributed by atoms with Gasteiger partial charge in [-0.15, -0.1) is 0 Å². The maximum atomic E-state index is 6.06. The molecule has 114 valence electrons. The van der Waals surface area contributed by atoms with Gasteiger partial charge in [0.2, 0.25) is 0 Å². The van der Waals surface area contributed by atoms with Gasteiger partial charge in [0.05, 0.1) is 0 Å². The summed E-state index contributed by atoms with van der Waals surface area (Å²) < 4.78 is 0. The van der Waals surface area contributed by atoms with Gasteiger partial charge in [0.1, 0.15) is 0 Å². The first-order valence-corrected chi connectivity index (χ1v) is 7.96. The number of anilines is 1. The van der Waals surface area contributed by atoms with E-state index >= 15 is 0 Å². The summed E-state index contributed by atoms with van der Waals surface area (Å²) in [6, 6.07) is 7.63. The van der Waals surface area contributed by atoms with Gasteiger partial charge in [0.25, 0.3) is 0 Å². The predicted molar refractivity (Wildman–Crippen MR) is 90.5 cm³/mol. The van der Waals surface area contributed by atoms with Crippen LogP contribution in [0.4, 0.5) is 5.69 Å². The number of hydrogen-bond donors (Lipinski definition) is 1. The second kappa shape index (κ2) is 7.68. The Labute approximate surface area is 125 Å². The molecule has 1 rings (SSSR count). The lowest BCUT2D eigenvalue weighted by atomic mass is 10.0. The van der Waals surface area contributed by atoms with E-state index in [1.54, 1.807) is 0 Å². The van der Waals surface area contributed by atoms with Gasteiger partial charge >= 0.3 is 0 Å². The number of nitrogens with zero attached hydrogens (tertiary/aromatic N) is 1. The molecule has 0 saturated heterocycles. The Morgan fingerprint density at radius 1 is 1.15 bits per heavy atom. The standard InChI is InChI=1S/C18H32N2/c1-7-17(19)11-16-8-9-18(15(6)10-16)20(14(4)5)12-13(2)3/h8-10,13-14,17H,7,11-12,19H2,1-6H3. The van der Waals surface area contributed by atoms with E-state index in [1.165, 1.54) is 16.8 Å². The minimum atomic E-state index is 0.275. The van der Waals surface area contributed by atoms with E-state index in [0.29, 0.717) is 12.0 Å². The highest BCUT2D eigenvalue weighted by Crippen LogP contribution is 2.25. The van der Waals surface area contributed by atoms with E-state index in [0.717, 1.165) is 19.4 Å². The molecule has 2 N–H and O–H groups in total. The minimum Gasteiger partial charge on any atom is -0.369 e. The van der Waals surface area contributed by atoms with E-state index in [-0.39, 0.29) is 6.04 Å². The lowest BCUT2D eigenvalue weighted by molar-refractivity contribution is 0.570. The molecule has 1 atom stereocenters. The van der Waals surface area contributed by atoms with Gasteiger partial charge in [-0.25, -0.2) is 0 Å². The summed E-state index contributed by atoms with van der Waals surface area (Å²) in [6.07, 6.45) is 2.01. The van der Waals surface area contributed by atoms with Crippen LogP contribution in [0.25, 0.3) is 0 Å². The molecule has 2 heteroatoms. The predicted octanol–water partition coefficient (Wildman–Crippen LogP) is 4.15. The highest BCUT2D eigenvalue weighted by atomic mass is 15.2. The van der Waals surface area contributed by atoms with Crippen LogP contribution in [0.2, 0.25) is 0 Å². The second-order valence-electron chi connectivity index (χ2n) is 6.63. The topological polar surface area (TPSA) is 29.3 Å². The first kappa shape index (κ1) is 17.0. The van der Waals surface area contributed by atoms with Gasteiger partial charge in [-0.1, -0.05) is 32.9 Å². The molecule has 1 unspecified atom stereocenters. The molecular weight excluding hydrogens is 244 g/mol. The molecule has 20 heavy (non-hydrogen) atoms. The van der Waals surface area contributed by atoms with Crippen molar-refractivity contribution in [3.05, 3.63) is 29.3 Å². The molecule has 0 radical (unpaired) electrons. The van der Waals surface area contributed by atoms with Crippen molar-refractivity contribution < 1.29 is 0 Å². The van der Waals surface area contributed by atoms with Gasteiger partial charge < -0.3 is 10.6 Å². The largest absolute Gasteiger partial charge is 0.369 e. The molecule has 0 spiro atoms. The van der Waals surface area contributed by atoms with Crippen LogP contribution in [0, 0.1) is 12.8 Å². The van der Waals surface area contributed by atoms with E-state index in [9.17, 15) is 0 Å². The van der Waals surface area contributed by atoms with Crippen LogP contribution in [-0.2, 0) is 6.42 Å². The van der Waals surface area contributed by atoms with E-state index in [1.807, 2.05) is 0 Å². The van der Waals surface area contributed by atoms with Gasteiger partial charge in [-0.2, -0.15) is 0 Å². The highest BCUT2D eigenvalue weighted by Gasteiger charge is 2.14. The smallest absolute Gasteiger partial charge is 0.0398 e. The molecule has 0 aliphatic heterocycles. The summed E-state index contributed by atoms with van der Waals surface area (Å²) in [7, 11) is 0. The van der Waals surface area contributed by atoms with Crippen molar-refractivity contribution in [3.63, 3.8) is 0 Å². The van der Waals surface area contributed by atoms with Crippen molar-refractivity contribution in [1.29, 1.82) is 0 Å². The summed E-state index contributed by atoms with van der Waals surface area (Å²) >= 11 is 0. The quantitative estimate of drug-likeness (QED) is 0.811. The Kier molecular flexibility index (Phi) is 6.54. The molecule has 0 fully saturated rings. The molecular formula is C18H32N2. The molecule has 0 saturated carbocycles. The van der Waals surface area contributed by atoms with Crippen molar-refractivity contribution in [2.75, 3.05) is 11.4 Å². The van der Waals surface area contributed by atoms with Crippen molar-refractivity contribution in [2.24, 2.45) is 11.7 Å². The Balaban J connectivity index is 2.95. The molecule has 0 aliphatic rings. The monoisotopic (exact) mass is 276 g/mol. The molecule has 0 bridgehead atoms. The van der Waals surface area contributed by atoms with Crippen LogP contribution in [0.5, 0.6) is 0 Å². The Bertz CT molecular complexity index is 410. The Hall–Kier alpha value is -1.02.